The van der Waals surface area contributed by atoms with Crippen LogP contribution in [0.5, 0.6) is 0 Å². The van der Waals surface area contributed by atoms with Crippen LogP contribution in [0.4, 0.5) is 17.1 Å². The van der Waals surface area contributed by atoms with E-state index in [0.717, 1.165) is 16.6 Å². The molecule has 4 heteroatoms. The number of hydrogen-bond donors (Lipinski definition) is 0. The highest BCUT2D eigenvalue weighted by Gasteiger charge is 2.29. The average molecular weight is 529 g/mol. The zero-order valence-electron chi connectivity index (χ0n) is 21.3. The number of aromatic nitrogens is 1. The van der Waals surface area contributed by atoms with Gasteiger partial charge in [-0.25, -0.2) is 0 Å². The fourth-order valence-electron chi connectivity index (χ4n) is 6.89. The highest BCUT2D eigenvalue weighted by Crippen LogP contribution is 2.52. The van der Waals surface area contributed by atoms with Gasteiger partial charge in [0.05, 0.1) is 28.1 Å². The standard InChI is InChI=1S/C36H20N2OS/c1-5-14-30-23(9-1)35-31(39-30)18-17-28-34(35)24-10-7-13-29-36(24)38(28)27-12-4-3-11-26(27)37(29)21-16-19-33-25(20-21)22-8-2-6-15-32(22)40-33/h1-20H. The Morgan fingerprint density at radius 2 is 1.25 bits per heavy atom. The van der Waals surface area contributed by atoms with Crippen LogP contribution in [0.1, 0.15) is 0 Å². The first-order valence-electron chi connectivity index (χ1n) is 13.5. The van der Waals surface area contributed by atoms with Crippen LogP contribution in [-0.2, 0) is 0 Å². The molecule has 0 saturated heterocycles. The summed E-state index contributed by atoms with van der Waals surface area (Å²) in [4.78, 5) is 2.44. The monoisotopic (exact) mass is 528 g/mol. The number of fused-ring (bicyclic) bond motifs is 12. The molecule has 0 unspecified atom stereocenters. The summed E-state index contributed by atoms with van der Waals surface area (Å²) in [6.07, 6.45) is 0. The normalized spacial score (nSPS) is 12.9. The van der Waals surface area contributed by atoms with Crippen molar-refractivity contribution in [2.75, 3.05) is 4.90 Å². The lowest BCUT2D eigenvalue weighted by Crippen LogP contribution is -2.17. The van der Waals surface area contributed by atoms with E-state index in [4.69, 9.17) is 4.42 Å². The number of furan rings is 1. The van der Waals surface area contributed by atoms with Gasteiger partial charge in [-0.3, -0.25) is 0 Å². The van der Waals surface area contributed by atoms with Gasteiger partial charge in [-0.1, -0.05) is 60.7 Å². The molecule has 40 heavy (non-hydrogen) atoms. The van der Waals surface area contributed by atoms with Gasteiger partial charge in [0, 0.05) is 47.4 Å². The third kappa shape index (κ3) is 2.50. The smallest absolute Gasteiger partial charge is 0.136 e. The van der Waals surface area contributed by atoms with E-state index in [2.05, 4.69) is 125 Å². The maximum Gasteiger partial charge on any atom is 0.136 e. The minimum Gasteiger partial charge on any atom is -0.456 e. The van der Waals surface area contributed by atoms with Crippen LogP contribution >= 0.6 is 11.3 Å². The first kappa shape index (κ1) is 20.8. The van der Waals surface area contributed by atoms with Gasteiger partial charge in [0.25, 0.3) is 0 Å². The molecule has 0 bridgehead atoms. The second-order valence-electron chi connectivity index (χ2n) is 10.5. The number of hydrogen-bond acceptors (Lipinski definition) is 3. The van der Waals surface area contributed by atoms with Crippen LogP contribution in [0, 0.1) is 0 Å². The molecule has 3 aromatic heterocycles. The van der Waals surface area contributed by atoms with Crippen LogP contribution < -0.4 is 4.90 Å². The Morgan fingerprint density at radius 3 is 2.20 bits per heavy atom. The fourth-order valence-corrected chi connectivity index (χ4v) is 7.97. The van der Waals surface area contributed by atoms with E-state index >= 15 is 0 Å². The summed E-state index contributed by atoms with van der Waals surface area (Å²) in [5.41, 5.74) is 9.00. The Morgan fingerprint density at radius 1 is 0.500 bits per heavy atom. The summed E-state index contributed by atoms with van der Waals surface area (Å²) in [6.45, 7) is 0. The van der Waals surface area contributed by atoms with Crippen molar-refractivity contribution in [3.05, 3.63) is 121 Å². The first-order chi connectivity index (χ1) is 19.8. The Balaban J connectivity index is 1.36. The van der Waals surface area contributed by atoms with Gasteiger partial charge in [0.2, 0.25) is 0 Å². The van der Waals surface area contributed by atoms with E-state index in [1.54, 1.807) is 0 Å². The molecule has 0 amide bonds. The summed E-state index contributed by atoms with van der Waals surface area (Å²) in [6, 6.07) is 43.8. The van der Waals surface area contributed by atoms with Crippen LogP contribution in [-0.4, -0.2) is 4.57 Å². The van der Waals surface area contributed by atoms with Crippen LogP contribution in [0.2, 0.25) is 0 Å². The molecule has 4 heterocycles. The number of rotatable bonds is 1. The lowest BCUT2D eigenvalue weighted by atomic mass is 10.0. The van der Waals surface area contributed by atoms with Crippen molar-refractivity contribution < 1.29 is 4.42 Å². The molecule has 0 saturated carbocycles. The number of para-hydroxylation sites is 4. The van der Waals surface area contributed by atoms with Crippen LogP contribution in [0.15, 0.2) is 126 Å². The Bertz CT molecular complexity index is 2510. The molecule has 186 valence electrons. The van der Waals surface area contributed by atoms with E-state index in [0.29, 0.717) is 0 Å². The number of anilines is 3. The summed E-state index contributed by atoms with van der Waals surface area (Å²) in [5.74, 6) is 0. The minimum absolute atomic E-state index is 0.926. The molecule has 0 fully saturated rings. The van der Waals surface area contributed by atoms with Crippen molar-refractivity contribution >= 4 is 92.3 Å². The van der Waals surface area contributed by atoms with Gasteiger partial charge in [0.1, 0.15) is 11.2 Å². The Labute approximate surface area is 232 Å². The predicted octanol–water partition coefficient (Wildman–Crippen LogP) is 10.8. The third-order valence-electron chi connectivity index (χ3n) is 8.49. The van der Waals surface area contributed by atoms with Crippen molar-refractivity contribution in [2.24, 2.45) is 0 Å². The van der Waals surface area contributed by atoms with Gasteiger partial charge in [0.15, 0.2) is 0 Å². The lowest BCUT2D eigenvalue weighted by Gasteiger charge is -2.33. The molecular weight excluding hydrogens is 508 g/mol. The second kappa shape index (κ2) is 7.32. The molecule has 0 atom stereocenters. The maximum absolute atomic E-state index is 6.31. The largest absolute Gasteiger partial charge is 0.456 e. The molecule has 1 aliphatic rings. The summed E-state index contributed by atoms with van der Waals surface area (Å²) < 4.78 is 11.4. The molecule has 10 rings (SSSR count). The number of nitrogens with zero attached hydrogens (tertiary/aromatic N) is 2. The summed E-state index contributed by atoms with van der Waals surface area (Å²) in [5, 5.41) is 7.45. The molecule has 0 spiro atoms. The van der Waals surface area contributed by atoms with E-state index in [-0.39, 0.29) is 0 Å². The number of thiophene rings is 1. The Kier molecular flexibility index (Phi) is 3.81. The third-order valence-corrected chi connectivity index (χ3v) is 9.64. The average Bonchev–Trinajstić information content (AvgIpc) is 3.67. The highest BCUT2D eigenvalue weighted by atomic mass is 32.1. The van der Waals surface area contributed by atoms with Crippen molar-refractivity contribution in [1.29, 1.82) is 0 Å². The quantitative estimate of drug-likeness (QED) is 0.211. The van der Waals surface area contributed by atoms with Crippen molar-refractivity contribution in [3.63, 3.8) is 0 Å². The topological polar surface area (TPSA) is 21.3 Å². The maximum atomic E-state index is 6.31. The van der Waals surface area contributed by atoms with Crippen molar-refractivity contribution in [3.8, 4) is 5.69 Å². The van der Waals surface area contributed by atoms with Gasteiger partial charge in [-0.2, -0.15) is 0 Å². The molecule has 3 nitrogen and oxygen atoms in total. The zero-order valence-corrected chi connectivity index (χ0v) is 22.1. The Hall–Kier alpha value is -5.06. The van der Waals surface area contributed by atoms with Crippen LogP contribution in [0.25, 0.3) is 69.6 Å². The highest BCUT2D eigenvalue weighted by molar-refractivity contribution is 7.25. The summed E-state index contributed by atoms with van der Waals surface area (Å²) >= 11 is 1.86. The van der Waals surface area contributed by atoms with E-state index < -0.39 is 0 Å². The first-order valence-corrected chi connectivity index (χ1v) is 14.3. The van der Waals surface area contributed by atoms with E-state index in [1.807, 2.05) is 17.4 Å². The van der Waals surface area contributed by atoms with Gasteiger partial charge in [-0.15, -0.1) is 11.3 Å². The molecule has 1 aliphatic heterocycles. The molecule has 0 radical (unpaired) electrons. The lowest BCUT2D eigenvalue weighted by molar-refractivity contribution is 0.669. The van der Waals surface area contributed by atoms with Gasteiger partial charge in [-0.05, 0) is 60.7 Å². The second-order valence-corrected chi connectivity index (χ2v) is 11.6. The van der Waals surface area contributed by atoms with E-state index in [1.165, 1.54) is 70.1 Å². The van der Waals surface area contributed by atoms with Crippen LogP contribution in [0.3, 0.4) is 0 Å². The van der Waals surface area contributed by atoms with Gasteiger partial charge < -0.3 is 13.9 Å². The van der Waals surface area contributed by atoms with Gasteiger partial charge >= 0.3 is 0 Å². The molecule has 0 N–H and O–H groups in total. The molecule has 6 aromatic carbocycles. The predicted molar refractivity (Wildman–Crippen MR) is 169 cm³/mol. The molecule has 9 aromatic rings. The van der Waals surface area contributed by atoms with Crippen molar-refractivity contribution in [1.82, 2.24) is 4.57 Å². The SMILES string of the molecule is c1ccc2c(c1)N(c1ccc3sc4ccccc4c3c1)c1cccc3c4c5c(ccc4n-2c13)oc1ccccc15. The summed E-state index contributed by atoms with van der Waals surface area (Å²) in [7, 11) is 0. The fraction of sp³-hybridized carbons (Fsp3) is 0. The zero-order chi connectivity index (χ0) is 25.9. The number of benzene rings is 6. The van der Waals surface area contributed by atoms with E-state index in [9.17, 15) is 0 Å². The van der Waals surface area contributed by atoms with Crippen molar-refractivity contribution in [2.45, 2.75) is 0 Å². The molecular formula is C36H20N2OS. The minimum atomic E-state index is 0.926. The molecule has 0 aliphatic carbocycles.